The molecule has 3 N–H and O–H groups in total. The number of aromatic nitrogens is 2. The van der Waals surface area contributed by atoms with Crippen molar-refractivity contribution in [1.29, 1.82) is 0 Å². The van der Waals surface area contributed by atoms with Gasteiger partial charge in [-0.1, -0.05) is 13.8 Å². The highest BCUT2D eigenvalue weighted by Crippen LogP contribution is 2.32. The van der Waals surface area contributed by atoms with Crippen molar-refractivity contribution < 1.29 is 4.79 Å². The molecule has 126 valence electrons. The molecule has 1 amide bonds. The van der Waals surface area contributed by atoms with E-state index in [9.17, 15) is 4.79 Å². The van der Waals surface area contributed by atoms with Crippen LogP contribution >= 0.6 is 12.4 Å². The Balaban J connectivity index is 0.00000242. The van der Waals surface area contributed by atoms with Gasteiger partial charge in [-0.2, -0.15) is 5.10 Å². The number of hydrogen-bond acceptors (Lipinski definition) is 3. The quantitative estimate of drug-likeness (QED) is 0.872. The number of aromatic amines is 1. The van der Waals surface area contributed by atoms with Gasteiger partial charge in [-0.15, -0.1) is 12.4 Å². The first-order valence-corrected chi connectivity index (χ1v) is 8.07. The third-order valence-electron chi connectivity index (χ3n) is 5.05. The van der Waals surface area contributed by atoms with Gasteiger partial charge in [0.05, 0.1) is 11.1 Å². The Morgan fingerprint density at radius 1 is 1.50 bits per heavy atom. The maximum absolute atomic E-state index is 12.9. The van der Waals surface area contributed by atoms with Crippen molar-refractivity contribution >= 4 is 18.3 Å². The van der Waals surface area contributed by atoms with Gasteiger partial charge >= 0.3 is 0 Å². The topological polar surface area (TPSA) is 75.0 Å². The first kappa shape index (κ1) is 19.0. The fourth-order valence-corrected chi connectivity index (χ4v) is 3.32. The van der Waals surface area contributed by atoms with Gasteiger partial charge in [-0.05, 0) is 38.7 Å². The van der Waals surface area contributed by atoms with E-state index in [-0.39, 0.29) is 23.7 Å². The minimum Gasteiger partial charge on any atom is -0.342 e. The fraction of sp³-hybridized carbons (Fsp3) is 0.750. The Kier molecular flexibility index (Phi) is 6.88. The van der Waals surface area contributed by atoms with E-state index in [1.165, 1.54) is 0 Å². The predicted molar refractivity (Wildman–Crippen MR) is 91.2 cm³/mol. The number of carbonyl (C=O) groups excluding carboxylic acids is 1. The molecule has 22 heavy (non-hydrogen) atoms. The summed E-state index contributed by atoms with van der Waals surface area (Å²) in [5, 5.41) is 7.37. The lowest BCUT2D eigenvalue weighted by atomic mass is 9.80. The maximum atomic E-state index is 12.9. The van der Waals surface area contributed by atoms with Gasteiger partial charge in [0.15, 0.2) is 0 Å². The third kappa shape index (κ3) is 3.63. The summed E-state index contributed by atoms with van der Waals surface area (Å²) in [4.78, 5) is 14.9. The lowest BCUT2D eigenvalue weighted by Gasteiger charge is -2.39. The van der Waals surface area contributed by atoms with E-state index in [4.69, 9.17) is 5.73 Å². The summed E-state index contributed by atoms with van der Waals surface area (Å²) in [6.07, 6.45) is 3.75. The van der Waals surface area contributed by atoms with Gasteiger partial charge in [-0.3, -0.25) is 9.89 Å². The highest BCUT2D eigenvalue weighted by atomic mass is 35.5. The minimum atomic E-state index is -0.386. The zero-order valence-electron chi connectivity index (χ0n) is 13.9. The predicted octanol–water partition coefficient (Wildman–Crippen LogP) is 2.61. The Morgan fingerprint density at radius 2 is 2.18 bits per heavy atom. The Morgan fingerprint density at radius 3 is 2.68 bits per heavy atom. The summed E-state index contributed by atoms with van der Waals surface area (Å²) in [6, 6.07) is 2.09. The molecule has 1 fully saturated rings. The van der Waals surface area contributed by atoms with E-state index >= 15 is 0 Å². The van der Waals surface area contributed by atoms with Gasteiger partial charge in [0.2, 0.25) is 5.91 Å². The minimum absolute atomic E-state index is 0. The van der Waals surface area contributed by atoms with Crippen LogP contribution in [0.2, 0.25) is 0 Å². The lowest BCUT2D eigenvalue weighted by Crippen LogP contribution is -2.50. The standard InChI is InChI=1S/C16H28N4O.ClH/c1-4-16(5-2,11-17)15(21)20-8-6-7-13(10-20)14-9-12(3)18-19-14;/h9,13H,4-8,10-11,17H2,1-3H3,(H,18,19);1H. The fourth-order valence-electron chi connectivity index (χ4n) is 3.32. The smallest absolute Gasteiger partial charge is 0.230 e. The zero-order chi connectivity index (χ0) is 15.5. The lowest BCUT2D eigenvalue weighted by molar-refractivity contribution is -0.143. The summed E-state index contributed by atoms with van der Waals surface area (Å²) >= 11 is 0. The number of aryl methyl sites for hydroxylation is 1. The molecule has 1 saturated heterocycles. The molecule has 1 aliphatic rings. The molecule has 0 aliphatic carbocycles. The molecule has 1 aliphatic heterocycles. The first-order chi connectivity index (χ1) is 10.1. The van der Waals surface area contributed by atoms with Crippen LogP contribution in [-0.2, 0) is 4.79 Å². The summed E-state index contributed by atoms with van der Waals surface area (Å²) in [5.74, 6) is 0.573. The highest BCUT2D eigenvalue weighted by Gasteiger charge is 2.38. The van der Waals surface area contributed by atoms with Crippen LogP contribution in [0.3, 0.4) is 0 Å². The highest BCUT2D eigenvalue weighted by molar-refractivity contribution is 5.85. The van der Waals surface area contributed by atoms with Gasteiger partial charge < -0.3 is 10.6 Å². The van der Waals surface area contributed by atoms with Crippen molar-refractivity contribution in [3.63, 3.8) is 0 Å². The van der Waals surface area contributed by atoms with Gasteiger partial charge in [0.25, 0.3) is 0 Å². The first-order valence-electron chi connectivity index (χ1n) is 8.07. The van der Waals surface area contributed by atoms with Crippen LogP contribution in [0.25, 0.3) is 0 Å². The van der Waals surface area contributed by atoms with E-state index in [0.717, 1.165) is 50.2 Å². The maximum Gasteiger partial charge on any atom is 0.230 e. The molecule has 1 aromatic rings. The Labute approximate surface area is 139 Å². The normalized spacial score (nSPS) is 18.9. The molecular weight excluding hydrogens is 300 g/mol. The number of rotatable bonds is 5. The Hall–Kier alpha value is -1.07. The number of carbonyl (C=O) groups is 1. The second-order valence-corrected chi connectivity index (χ2v) is 6.26. The summed E-state index contributed by atoms with van der Waals surface area (Å²) in [7, 11) is 0. The van der Waals surface area contributed by atoms with Crippen molar-refractivity contribution in [2.24, 2.45) is 11.1 Å². The summed E-state index contributed by atoms with van der Waals surface area (Å²) in [6.45, 7) is 8.18. The third-order valence-corrected chi connectivity index (χ3v) is 5.05. The van der Waals surface area contributed by atoms with E-state index in [1.807, 2.05) is 11.8 Å². The second kappa shape index (κ2) is 7.97. The molecule has 2 heterocycles. The molecule has 5 nitrogen and oxygen atoms in total. The van der Waals surface area contributed by atoms with Crippen molar-refractivity contribution in [1.82, 2.24) is 15.1 Å². The van der Waals surface area contributed by atoms with E-state index in [2.05, 4.69) is 30.1 Å². The van der Waals surface area contributed by atoms with E-state index < -0.39 is 0 Å². The van der Waals surface area contributed by atoms with Crippen LogP contribution in [0, 0.1) is 12.3 Å². The van der Waals surface area contributed by atoms with Crippen LogP contribution in [-0.4, -0.2) is 40.6 Å². The zero-order valence-corrected chi connectivity index (χ0v) is 14.7. The van der Waals surface area contributed by atoms with Crippen molar-refractivity contribution in [3.05, 3.63) is 17.5 Å². The molecule has 0 saturated carbocycles. The second-order valence-electron chi connectivity index (χ2n) is 6.26. The molecule has 1 unspecified atom stereocenters. The number of nitrogens with two attached hydrogens (primary N) is 1. The van der Waals surface area contributed by atoms with Gasteiger partial charge in [0, 0.05) is 31.2 Å². The molecule has 0 radical (unpaired) electrons. The molecule has 0 bridgehead atoms. The Bertz CT molecular complexity index is 476. The molecule has 1 atom stereocenters. The van der Waals surface area contributed by atoms with Crippen LogP contribution in [0.15, 0.2) is 6.07 Å². The van der Waals surface area contributed by atoms with Crippen molar-refractivity contribution in [2.45, 2.75) is 52.4 Å². The van der Waals surface area contributed by atoms with E-state index in [0.29, 0.717) is 12.5 Å². The molecular formula is C16H29ClN4O. The van der Waals surface area contributed by atoms with Gasteiger partial charge in [0.1, 0.15) is 0 Å². The molecule has 2 rings (SSSR count). The van der Waals surface area contributed by atoms with Gasteiger partial charge in [-0.25, -0.2) is 0 Å². The number of likely N-dealkylation sites (tertiary alicyclic amines) is 1. The number of H-pyrrole nitrogens is 1. The van der Waals surface area contributed by atoms with Crippen LogP contribution in [0.5, 0.6) is 0 Å². The number of halogens is 1. The van der Waals surface area contributed by atoms with Crippen LogP contribution in [0.1, 0.15) is 56.8 Å². The number of hydrogen-bond donors (Lipinski definition) is 2. The van der Waals surface area contributed by atoms with Crippen molar-refractivity contribution in [2.75, 3.05) is 19.6 Å². The summed E-state index contributed by atoms with van der Waals surface area (Å²) in [5.41, 5.74) is 7.69. The number of piperidine rings is 1. The molecule has 0 spiro atoms. The average molecular weight is 329 g/mol. The molecule has 6 heteroatoms. The monoisotopic (exact) mass is 328 g/mol. The van der Waals surface area contributed by atoms with Crippen LogP contribution in [0.4, 0.5) is 0 Å². The number of nitrogens with zero attached hydrogens (tertiary/aromatic N) is 2. The largest absolute Gasteiger partial charge is 0.342 e. The SMILES string of the molecule is CCC(CC)(CN)C(=O)N1CCCC(c2cc(C)[nH]n2)C1.Cl. The number of amides is 1. The summed E-state index contributed by atoms with van der Waals surface area (Å²) < 4.78 is 0. The van der Waals surface area contributed by atoms with Crippen LogP contribution < -0.4 is 5.73 Å². The van der Waals surface area contributed by atoms with Crippen molar-refractivity contribution in [3.8, 4) is 0 Å². The average Bonchev–Trinajstić information content (AvgIpc) is 2.96. The van der Waals surface area contributed by atoms with E-state index in [1.54, 1.807) is 0 Å². The molecule has 0 aromatic carbocycles. The number of nitrogens with one attached hydrogen (secondary N) is 1. The molecule has 1 aromatic heterocycles.